The number of nitrogens with zero attached hydrogens (tertiary/aromatic N) is 6. The van der Waals surface area contributed by atoms with Gasteiger partial charge in [0.15, 0.2) is 10.7 Å². The number of hydrogen-bond acceptors (Lipinski definition) is 9. The van der Waals surface area contributed by atoms with E-state index in [2.05, 4.69) is 26.0 Å². The van der Waals surface area contributed by atoms with Crippen LogP contribution in [0.15, 0.2) is 51.0 Å². The molecule has 1 aliphatic heterocycles. The maximum atomic E-state index is 13.8. The van der Waals surface area contributed by atoms with Crippen molar-refractivity contribution in [2.75, 3.05) is 19.6 Å². The van der Waals surface area contributed by atoms with Gasteiger partial charge in [0.25, 0.3) is 5.56 Å². The molecule has 0 aliphatic carbocycles. The van der Waals surface area contributed by atoms with Crippen molar-refractivity contribution < 1.29 is 22.8 Å². The third-order valence-electron chi connectivity index (χ3n) is 8.03. The van der Waals surface area contributed by atoms with Crippen LogP contribution in [-0.2, 0) is 51.5 Å². The summed E-state index contributed by atoms with van der Waals surface area (Å²) in [6, 6.07) is 7.59. The lowest BCUT2D eigenvalue weighted by Crippen LogP contribution is -2.50. The van der Waals surface area contributed by atoms with Crippen molar-refractivity contribution in [2.24, 2.45) is 20.0 Å². The molecule has 260 valence electrons. The van der Waals surface area contributed by atoms with Crippen molar-refractivity contribution in [1.29, 1.82) is 0 Å². The van der Waals surface area contributed by atoms with E-state index in [0.29, 0.717) is 16.2 Å². The molecule has 3 N–H and O–H groups in total. The summed E-state index contributed by atoms with van der Waals surface area (Å²) in [6.45, 7) is 5.17. The Morgan fingerprint density at radius 3 is 2.33 bits per heavy atom. The van der Waals surface area contributed by atoms with Gasteiger partial charge in [-0.2, -0.15) is 9.40 Å². The number of carbonyl (C=O) groups is 3. The molecule has 0 fully saturated rings. The molecule has 3 aromatic rings. The van der Waals surface area contributed by atoms with Crippen LogP contribution in [0.25, 0.3) is 0 Å². The number of carbonyl (C=O) groups excluding carboxylic acids is 3. The number of nitrogens with one attached hydrogen (secondary N) is 3. The smallest absolute Gasteiger partial charge is 0.330 e. The highest BCUT2D eigenvalue weighted by atomic mass is 32.2. The zero-order chi connectivity index (χ0) is 35.2. The molecule has 0 saturated heterocycles. The second-order valence-corrected chi connectivity index (χ2v) is 14.1. The predicted molar refractivity (Wildman–Crippen MR) is 175 cm³/mol. The number of aryl methyl sites for hydroxylation is 2. The Balaban J connectivity index is 1.67. The van der Waals surface area contributed by atoms with E-state index in [0.717, 1.165) is 20.6 Å². The van der Waals surface area contributed by atoms with Crippen LogP contribution in [0.4, 0.5) is 0 Å². The average molecular weight is 686 g/mol. The molecule has 3 heterocycles. The van der Waals surface area contributed by atoms with Gasteiger partial charge in [0.1, 0.15) is 18.4 Å². The summed E-state index contributed by atoms with van der Waals surface area (Å²) in [5.41, 5.74) is -0.845. The Morgan fingerprint density at radius 2 is 1.65 bits per heavy atom. The van der Waals surface area contributed by atoms with E-state index in [1.807, 2.05) is 44.2 Å². The molecule has 16 nitrogen and oxygen atoms in total. The number of aromatic nitrogens is 5. The van der Waals surface area contributed by atoms with Gasteiger partial charge in [-0.1, -0.05) is 44.2 Å². The zero-order valence-electron chi connectivity index (χ0n) is 27.8. The summed E-state index contributed by atoms with van der Waals surface area (Å²) in [4.78, 5) is 69.1. The highest BCUT2D eigenvalue weighted by molar-refractivity contribution is 7.89. The lowest BCUT2D eigenvalue weighted by Gasteiger charge is -2.26. The molecule has 3 amide bonds. The van der Waals surface area contributed by atoms with Gasteiger partial charge in [-0.25, -0.2) is 22.9 Å². The van der Waals surface area contributed by atoms with Crippen LogP contribution in [0, 0.1) is 12.8 Å². The molecule has 0 saturated carbocycles. The van der Waals surface area contributed by atoms with Gasteiger partial charge in [0.2, 0.25) is 27.7 Å². The van der Waals surface area contributed by atoms with Crippen LogP contribution in [0.3, 0.4) is 0 Å². The van der Waals surface area contributed by atoms with Gasteiger partial charge in [0, 0.05) is 52.8 Å². The van der Waals surface area contributed by atoms with E-state index in [9.17, 15) is 32.4 Å². The van der Waals surface area contributed by atoms with Crippen LogP contribution in [0.5, 0.6) is 0 Å². The van der Waals surface area contributed by atoms with E-state index in [4.69, 9.17) is 0 Å². The van der Waals surface area contributed by atoms with Gasteiger partial charge < -0.3 is 20.5 Å². The second kappa shape index (κ2) is 15.5. The summed E-state index contributed by atoms with van der Waals surface area (Å²) >= 11 is 0. The number of benzene rings is 1. The summed E-state index contributed by atoms with van der Waals surface area (Å²) in [7, 11) is -1.89. The van der Waals surface area contributed by atoms with Crippen molar-refractivity contribution in [3.8, 4) is 0 Å². The molecular formula is C31H43N9O7S. The van der Waals surface area contributed by atoms with Gasteiger partial charge in [-0.3, -0.25) is 23.7 Å². The second-order valence-electron chi connectivity index (χ2n) is 12.2. The van der Waals surface area contributed by atoms with E-state index in [1.54, 1.807) is 6.92 Å². The van der Waals surface area contributed by atoms with Crippen LogP contribution in [0.1, 0.15) is 56.4 Å². The lowest BCUT2D eigenvalue weighted by atomic mass is 10.0. The minimum atomic E-state index is -4.42. The minimum Gasteiger partial charge on any atom is -0.354 e. The molecule has 0 radical (unpaired) electrons. The first-order valence-corrected chi connectivity index (χ1v) is 17.2. The Kier molecular flexibility index (Phi) is 11.7. The van der Waals surface area contributed by atoms with E-state index < -0.39 is 56.0 Å². The number of fused-ring (bicyclic) bond motifs is 1. The summed E-state index contributed by atoms with van der Waals surface area (Å²) in [5, 5.41) is 13.0. The van der Waals surface area contributed by atoms with Crippen LogP contribution in [-0.4, -0.2) is 80.0 Å². The fourth-order valence-corrected chi connectivity index (χ4v) is 7.13. The van der Waals surface area contributed by atoms with Gasteiger partial charge in [0.05, 0.1) is 6.04 Å². The Bertz CT molecular complexity index is 1870. The molecule has 0 unspecified atom stereocenters. The highest BCUT2D eigenvalue weighted by Crippen LogP contribution is 2.21. The molecule has 4 rings (SSSR count). The number of hydrogen-bond donors (Lipinski definition) is 3. The van der Waals surface area contributed by atoms with Crippen LogP contribution >= 0.6 is 0 Å². The van der Waals surface area contributed by atoms with Crippen LogP contribution < -0.4 is 27.2 Å². The highest BCUT2D eigenvalue weighted by Gasteiger charge is 2.31. The first-order chi connectivity index (χ1) is 22.7. The molecule has 17 heteroatoms. The third kappa shape index (κ3) is 8.63. The largest absolute Gasteiger partial charge is 0.354 e. The van der Waals surface area contributed by atoms with Crippen molar-refractivity contribution in [3.63, 3.8) is 0 Å². The maximum absolute atomic E-state index is 13.8. The average Bonchev–Trinajstić information content (AvgIpc) is 3.39. The normalized spacial score (nSPS) is 19.5. The Hall–Kier alpha value is -4.64. The maximum Gasteiger partial charge on any atom is 0.330 e. The van der Waals surface area contributed by atoms with E-state index in [-0.39, 0.29) is 57.8 Å². The van der Waals surface area contributed by atoms with Gasteiger partial charge >= 0.3 is 5.69 Å². The molecular weight excluding hydrogens is 642 g/mol. The number of amides is 3. The first kappa shape index (κ1) is 36.2. The predicted octanol–water partition coefficient (Wildman–Crippen LogP) is -0.484. The van der Waals surface area contributed by atoms with Gasteiger partial charge in [-0.15, -0.1) is 0 Å². The molecule has 1 aliphatic rings. The molecule has 0 bridgehead atoms. The van der Waals surface area contributed by atoms with E-state index >= 15 is 0 Å². The zero-order valence-corrected chi connectivity index (χ0v) is 28.6. The molecule has 1 aromatic carbocycles. The van der Waals surface area contributed by atoms with Crippen molar-refractivity contribution >= 4 is 27.7 Å². The molecule has 2 aromatic heterocycles. The summed E-state index contributed by atoms with van der Waals surface area (Å²) in [6.07, 6.45) is 1.31. The SMILES string of the molecule is Cc1nc2n(n1)CC(=O)NCCCN(S(=O)(=O)c1cn(C)c(=O)n(C)c1=O)CCCC(=O)N[C@H](Cc1ccccc1)C(=O)N[C@H]2C(C)C. The van der Waals surface area contributed by atoms with Gasteiger partial charge in [-0.05, 0) is 31.2 Å². The molecule has 2 atom stereocenters. The first-order valence-electron chi connectivity index (χ1n) is 15.8. The topological polar surface area (TPSA) is 199 Å². The number of sulfonamides is 1. The van der Waals surface area contributed by atoms with Crippen molar-refractivity contribution in [1.82, 2.24) is 44.2 Å². The molecule has 48 heavy (non-hydrogen) atoms. The standard InChI is InChI=1S/C31H43N9O7S/c1-20(2)27-28-33-21(3)36-40(28)19-26(42)32-14-10-16-39(48(46,47)24-18-37(4)31(45)38(5)30(24)44)15-9-13-25(41)34-23(29(43)35-27)17-22-11-7-6-8-12-22/h6-8,11-12,18,20,23,27H,9-10,13-17,19H2,1-5H3,(H,32,42)(H,34,41)(H,35,43)/t23-,27+/m1/s1. The third-order valence-corrected chi connectivity index (χ3v) is 9.91. The summed E-state index contributed by atoms with van der Waals surface area (Å²) in [5.74, 6) is -0.675. The van der Waals surface area contributed by atoms with Crippen molar-refractivity contribution in [2.45, 2.75) is 70.0 Å². The number of rotatable bonds is 5. The van der Waals surface area contributed by atoms with Crippen molar-refractivity contribution in [3.05, 3.63) is 74.6 Å². The monoisotopic (exact) mass is 685 g/mol. The van der Waals surface area contributed by atoms with E-state index in [1.165, 1.54) is 18.8 Å². The lowest BCUT2D eigenvalue weighted by molar-refractivity contribution is -0.129. The Morgan fingerprint density at radius 1 is 0.958 bits per heavy atom. The fourth-order valence-electron chi connectivity index (χ4n) is 5.46. The fraction of sp³-hybridized carbons (Fsp3) is 0.516. The minimum absolute atomic E-state index is 0.0696. The quantitative estimate of drug-likeness (QED) is 0.317. The van der Waals surface area contributed by atoms with Crippen LogP contribution in [0.2, 0.25) is 0 Å². The Labute approximate surface area is 278 Å². The summed E-state index contributed by atoms with van der Waals surface area (Å²) < 4.78 is 31.7. The molecule has 0 spiro atoms.